The van der Waals surface area contributed by atoms with Gasteiger partial charge in [0.25, 0.3) is 5.91 Å². The second kappa shape index (κ2) is 6.84. The van der Waals surface area contributed by atoms with Gasteiger partial charge in [-0.1, -0.05) is 0 Å². The van der Waals surface area contributed by atoms with Gasteiger partial charge in [0.05, 0.1) is 5.52 Å². The van der Waals surface area contributed by atoms with Crippen molar-refractivity contribution in [1.29, 1.82) is 0 Å². The molecule has 0 saturated heterocycles. The van der Waals surface area contributed by atoms with Crippen LogP contribution >= 0.6 is 0 Å². The van der Waals surface area contributed by atoms with E-state index in [2.05, 4.69) is 24.1 Å². The number of anilines is 2. The van der Waals surface area contributed by atoms with Crippen molar-refractivity contribution in [2.45, 2.75) is 13.8 Å². The summed E-state index contributed by atoms with van der Waals surface area (Å²) >= 11 is 0. The van der Waals surface area contributed by atoms with Crippen LogP contribution in [0.15, 0.2) is 51.7 Å². The fraction of sp³-hybridized carbons (Fsp3) is 0.263. The van der Waals surface area contributed by atoms with E-state index in [1.165, 1.54) is 4.57 Å². The maximum atomic E-state index is 12.5. The predicted molar refractivity (Wildman–Crippen MR) is 99.4 cm³/mol. The first-order valence-corrected chi connectivity index (χ1v) is 8.29. The number of fused-ring (bicyclic) bond motifs is 1. The Morgan fingerprint density at radius 2 is 1.80 bits per heavy atom. The van der Waals surface area contributed by atoms with Gasteiger partial charge in [0.1, 0.15) is 0 Å². The Labute approximate surface area is 145 Å². The van der Waals surface area contributed by atoms with Gasteiger partial charge in [-0.05, 0) is 56.3 Å². The molecule has 0 aliphatic carbocycles. The van der Waals surface area contributed by atoms with Crippen LogP contribution in [-0.2, 0) is 7.05 Å². The second-order valence-corrected chi connectivity index (χ2v) is 5.78. The lowest BCUT2D eigenvalue weighted by Gasteiger charge is -2.21. The minimum absolute atomic E-state index is 0.230. The van der Waals surface area contributed by atoms with Gasteiger partial charge in [0, 0.05) is 37.1 Å². The summed E-state index contributed by atoms with van der Waals surface area (Å²) in [6.07, 6.45) is 0. The number of amides is 1. The lowest BCUT2D eigenvalue weighted by atomic mass is 10.2. The van der Waals surface area contributed by atoms with Gasteiger partial charge in [-0.15, -0.1) is 0 Å². The van der Waals surface area contributed by atoms with Crippen molar-refractivity contribution in [3.05, 3.63) is 58.6 Å². The number of benzene rings is 2. The highest BCUT2D eigenvalue weighted by Gasteiger charge is 2.11. The largest absolute Gasteiger partial charge is 0.419 e. The molecule has 3 aromatic rings. The molecule has 0 radical (unpaired) electrons. The standard InChI is InChI=1S/C19H21N3O3/c1-4-22(5-2)15-9-7-14(8-10-15)20-18(23)13-6-11-17-16(12-13)21(3)19(24)25-17/h6-12H,4-5H2,1-3H3,(H,20,23). The van der Waals surface area contributed by atoms with Gasteiger partial charge < -0.3 is 14.6 Å². The first kappa shape index (κ1) is 16.8. The van der Waals surface area contributed by atoms with Crippen LogP contribution < -0.4 is 16.0 Å². The minimum Gasteiger partial charge on any atom is -0.408 e. The molecule has 130 valence electrons. The molecule has 1 aromatic heterocycles. The van der Waals surface area contributed by atoms with Crippen LogP contribution in [0, 0.1) is 0 Å². The number of hydrogen-bond donors (Lipinski definition) is 1. The van der Waals surface area contributed by atoms with Gasteiger partial charge >= 0.3 is 5.76 Å². The van der Waals surface area contributed by atoms with Crippen LogP contribution in [0.1, 0.15) is 24.2 Å². The summed E-state index contributed by atoms with van der Waals surface area (Å²) in [5, 5.41) is 2.88. The van der Waals surface area contributed by atoms with Crippen molar-refractivity contribution < 1.29 is 9.21 Å². The first-order valence-electron chi connectivity index (χ1n) is 8.29. The van der Waals surface area contributed by atoms with Crippen LogP contribution in [0.5, 0.6) is 0 Å². The topological polar surface area (TPSA) is 67.5 Å². The smallest absolute Gasteiger partial charge is 0.408 e. The van der Waals surface area contributed by atoms with E-state index in [-0.39, 0.29) is 5.91 Å². The minimum atomic E-state index is -0.445. The van der Waals surface area contributed by atoms with Crippen LogP contribution in [0.2, 0.25) is 0 Å². The highest BCUT2D eigenvalue weighted by atomic mass is 16.4. The van der Waals surface area contributed by atoms with E-state index in [0.717, 1.165) is 24.5 Å². The molecule has 1 amide bonds. The molecule has 0 spiro atoms. The summed E-state index contributed by atoms with van der Waals surface area (Å²) < 4.78 is 6.46. The molecule has 1 heterocycles. The maximum Gasteiger partial charge on any atom is 0.419 e. The van der Waals surface area contributed by atoms with Gasteiger partial charge in [-0.3, -0.25) is 9.36 Å². The van der Waals surface area contributed by atoms with Gasteiger partial charge in [-0.25, -0.2) is 4.79 Å². The van der Waals surface area contributed by atoms with E-state index in [1.807, 2.05) is 24.3 Å². The summed E-state index contributed by atoms with van der Waals surface area (Å²) in [5.41, 5.74) is 3.37. The fourth-order valence-corrected chi connectivity index (χ4v) is 2.82. The molecule has 0 aliphatic rings. The molecule has 1 N–H and O–H groups in total. The lowest BCUT2D eigenvalue weighted by molar-refractivity contribution is 0.102. The fourth-order valence-electron chi connectivity index (χ4n) is 2.82. The van der Waals surface area contributed by atoms with Crippen molar-refractivity contribution >= 4 is 28.4 Å². The van der Waals surface area contributed by atoms with E-state index >= 15 is 0 Å². The zero-order valence-electron chi connectivity index (χ0n) is 14.6. The molecule has 25 heavy (non-hydrogen) atoms. The number of nitrogens with one attached hydrogen (secondary N) is 1. The highest BCUT2D eigenvalue weighted by molar-refractivity contribution is 6.05. The first-order chi connectivity index (χ1) is 12.0. The Balaban J connectivity index is 1.80. The third kappa shape index (κ3) is 3.28. The monoisotopic (exact) mass is 339 g/mol. The average molecular weight is 339 g/mol. The SMILES string of the molecule is CCN(CC)c1ccc(NC(=O)c2ccc3oc(=O)n(C)c3c2)cc1. The number of carbonyl (C=O) groups is 1. The van der Waals surface area contributed by atoms with E-state index in [4.69, 9.17) is 4.42 Å². The van der Waals surface area contributed by atoms with Crippen molar-refractivity contribution in [2.24, 2.45) is 7.05 Å². The summed E-state index contributed by atoms with van der Waals surface area (Å²) in [4.78, 5) is 26.2. The van der Waals surface area contributed by atoms with Crippen molar-refractivity contribution in [3.8, 4) is 0 Å². The molecule has 0 unspecified atom stereocenters. The Morgan fingerprint density at radius 1 is 1.12 bits per heavy atom. The second-order valence-electron chi connectivity index (χ2n) is 5.78. The molecular weight excluding hydrogens is 318 g/mol. The summed E-state index contributed by atoms with van der Waals surface area (Å²) in [5.74, 6) is -0.675. The van der Waals surface area contributed by atoms with Gasteiger partial charge in [0.15, 0.2) is 5.58 Å². The Bertz CT molecular complexity index is 950. The van der Waals surface area contributed by atoms with Crippen LogP contribution in [0.3, 0.4) is 0 Å². The van der Waals surface area contributed by atoms with E-state index < -0.39 is 5.76 Å². The third-order valence-electron chi connectivity index (χ3n) is 4.31. The van der Waals surface area contributed by atoms with E-state index in [0.29, 0.717) is 16.7 Å². The van der Waals surface area contributed by atoms with Crippen LogP contribution in [0.4, 0.5) is 11.4 Å². The van der Waals surface area contributed by atoms with E-state index in [9.17, 15) is 9.59 Å². The molecule has 2 aromatic carbocycles. The molecule has 3 rings (SSSR count). The summed E-state index contributed by atoms with van der Waals surface area (Å²) in [6.45, 7) is 6.09. The quantitative estimate of drug-likeness (QED) is 0.775. The number of carbonyl (C=O) groups excluding carboxylic acids is 1. The Kier molecular flexibility index (Phi) is 4.61. The molecule has 0 aliphatic heterocycles. The predicted octanol–water partition coefficient (Wildman–Crippen LogP) is 3.23. The molecule has 0 bridgehead atoms. The van der Waals surface area contributed by atoms with Crippen LogP contribution in [-0.4, -0.2) is 23.6 Å². The zero-order valence-corrected chi connectivity index (χ0v) is 14.6. The normalized spacial score (nSPS) is 10.8. The molecule has 6 heteroatoms. The number of aromatic nitrogens is 1. The number of oxazole rings is 1. The average Bonchev–Trinajstić information content (AvgIpc) is 2.91. The highest BCUT2D eigenvalue weighted by Crippen LogP contribution is 2.19. The molecule has 0 fully saturated rings. The van der Waals surface area contributed by atoms with Crippen LogP contribution in [0.25, 0.3) is 11.1 Å². The van der Waals surface area contributed by atoms with Crippen molar-refractivity contribution in [2.75, 3.05) is 23.3 Å². The Hall–Kier alpha value is -3.02. The Morgan fingerprint density at radius 3 is 2.44 bits per heavy atom. The molecular formula is C19H21N3O3. The van der Waals surface area contributed by atoms with Gasteiger partial charge in [0.2, 0.25) is 0 Å². The third-order valence-corrected chi connectivity index (χ3v) is 4.31. The summed E-state index contributed by atoms with van der Waals surface area (Å²) in [6, 6.07) is 12.7. The summed E-state index contributed by atoms with van der Waals surface area (Å²) in [7, 11) is 1.61. The number of hydrogen-bond acceptors (Lipinski definition) is 4. The number of nitrogens with zero attached hydrogens (tertiary/aromatic N) is 2. The van der Waals surface area contributed by atoms with Crippen molar-refractivity contribution in [1.82, 2.24) is 4.57 Å². The number of rotatable bonds is 5. The molecule has 6 nitrogen and oxygen atoms in total. The van der Waals surface area contributed by atoms with E-state index in [1.54, 1.807) is 25.2 Å². The molecule has 0 saturated carbocycles. The lowest BCUT2D eigenvalue weighted by Crippen LogP contribution is -2.21. The van der Waals surface area contributed by atoms with Crippen molar-refractivity contribution in [3.63, 3.8) is 0 Å². The van der Waals surface area contributed by atoms with Gasteiger partial charge in [-0.2, -0.15) is 0 Å². The number of aryl methyl sites for hydroxylation is 1. The zero-order chi connectivity index (χ0) is 18.0. The molecule has 0 atom stereocenters. The maximum absolute atomic E-state index is 12.5.